The summed E-state index contributed by atoms with van der Waals surface area (Å²) in [4.78, 5) is 4.04. The summed E-state index contributed by atoms with van der Waals surface area (Å²) in [5, 5.41) is 8.62. The number of aliphatic imine (C=N–C) groups is 1. The molecule has 0 saturated carbocycles. The molecule has 1 atom stereocenters. The summed E-state index contributed by atoms with van der Waals surface area (Å²) in [6, 6.07) is 0. The van der Waals surface area contributed by atoms with E-state index in [4.69, 9.17) is 5.11 Å². The fourth-order valence-corrected chi connectivity index (χ4v) is 0.865. The van der Waals surface area contributed by atoms with Crippen molar-refractivity contribution in [3.63, 3.8) is 0 Å². The Labute approximate surface area is 49.2 Å². The molecule has 0 bridgehead atoms. The van der Waals surface area contributed by atoms with Gasteiger partial charge in [0.05, 0.1) is 0 Å². The van der Waals surface area contributed by atoms with Gasteiger partial charge in [-0.3, -0.25) is 4.99 Å². The fraction of sp³-hybridized carbons (Fsp3) is 0.833. The first-order chi connectivity index (χ1) is 3.93. The molecule has 0 saturated heterocycles. The highest BCUT2D eigenvalue weighted by Gasteiger charge is 2.07. The van der Waals surface area contributed by atoms with E-state index in [1.807, 2.05) is 6.21 Å². The minimum atomic E-state index is 0.303. The van der Waals surface area contributed by atoms with Gasteiger partial charge in [-0.15, -0.1) is 0 Å². The largest absolute Gasteiger partial charge is 0.396 e. The second-order valence-corrected chi connectivity index (χ2v) is 2.17. The minimum absolute atomic E-state index is 0.303. The highest BCUT2D eigenvalue weighted by Crippen LogP contribution is 2.08. The van der Waals surface area contributed by atoms with Gasteiger partial charge < -0.3 is 5.11 Å². The first-order valence-corrected chi connectivity index (χ1v) is 3.02. The Morgan fingerprint density at radius 2 is 2.62 bits per heavy atom. The molecule has 46 valence electrons. The molecular formula is C6H11NO. The number of hydrogen-bond donors (Lipinski definition) is 1. The predicted octanol–water partition coefficient (Wildman–Crippen LogP) is 0.460. The molecule has 2 heteroatoms. The van der Waals surface area contributed by atoms with Crippen LogP contribution in [0.15, 0.2) is 4.99 Å². The summed E-state index contributed by atoms with van der Waals surface area (Å²) in [6.07, 6.45) is 4.09. The Bertz CT molecular complexity index is 90.5. The lowest BCUT2D eigenvalue weighted by Gasteiger charge is -2.12. The highest BCUT2D eigenvalue weighted by atomic mass is 16.3. The molecule has 2 nitrogen and oxygen atoms in total. The van der Waals surface area contributed by atoms with Crippen molar-refractivity contribution in [3.8, 4) is 0 Å². The van der Waals surface area contributed by atoms with E-state index in [1.165, 1.54) is 0 Å². The van der Waals surface area contributed by atoms with Crippen molar-refractivity contribution in [2.45, 2.75) is 12.8 Å². The van der Waals surface area contributed by atoms with Crippen LogP contribution in [0.1, 0.15) is 12.8 Å². The average molecular weight is 113 g/mol. The molecule has 0 aromatic heterocycles. The molecular weight excluding hydrogens is 102 g/mol. The quantitative estimate of drug-likeness (QED) is 0.526. The third-order valence-corrected chi connectivity index (χ3v) is 1.45. The summed E-state index contributed by atoms with van der Waals surface area (Å²) in [7, 11) is 0. The number of aliphatic hydroxyl groups is 1. The van der Waals surface area contributed by atoms with Crippen LogP contribution < -0.4 is 0 Å². The molecule has 1 aliphatic heterocycles. The van der Waals surface area contributed by atoms with E-state index in [2.05, 4.69) is 4.99 Å². The lowest BCUT2D eigenvalue weighted by atomic mass is 10.0. The zero-order valence-electron chi connectivity index (χ0n) is 4.88. The second-order valence-electron chi connectivity index (χ2n) is 2.17. The third kappa shape index (κ3) is 1.30. The molecule has 1 aliphatic rings. The van der Waals surface area contributed by atoms with Gasteiger partial charge in [-0.05, 0) is 19.1 Å². The van der Waals surface area contributed by atoms with Gasteiger partial charge in [0.1, 0.15) is 0 Å². The molecule has 0 aliphatic carbocycles. The Kier molecular flexibility index (Phi) is 2.03. The van der Waals surface area contributed by atoms with Crippen molar-refractivity contribution in [1.82, 2.24) is 0 Å². The van der Waals surface area contributed by atoms with Crippen molar-refractivity contribution in [2.75, 3.05) is 13.2 Å². The van der Waals surface area contributed by atoms with Gasteiger partial charge in [0.2, 0.25) is 0 Å². The van der Waals surface area contributed by atoms with E-state index in [9.17, 15) is 0 Å². The minimum Gasteiger partial charge on any atom is -0.396 e. The zero-order valence-corrected chi connectivity index (χ0v) is 4.88. The normalized spacial score (nSPS) is 28.4. The van der Waals surface area contributed by atoms with E-state index in [0.29, 0.717) is 12.5 Å². The molecule has 0 aromatic carbocycles. The van der Waals surface area contributed by atoms with Crippen LogP contribution in [0.3, 0.4) is 0 Å². The zero-order chi connectivity index (χ0) is 5.82. The van der Waals surface area contributed by atoms with E-state index >= 15 is 0 Å². The van der Waals surface area contributed by atoms with Crippen LogP contribution in [-0.2, 0) is 0 Å². The Morgan fingerprint density at radius 3 is 3.00 bits per heavy atom. The van der Waals surface area contributed by atoms with Crippen LogP contribution in [-0.4, -0.2) is 24.5 Å². The standard InChI is InChI=1S/C6H11NO/c8-5-6-2-1-3-7-4-6/h3,6,8H,1-2,4-5H2. The van der Waals surface area contributed by atoms with Gasteiger partial charge >= 0.3 is 0 Å². The van der Waals surface area contributed by atoms with E-state index in [0.717, 1.165) is 19.4 Å². The summed E-state index contributed by atoms with van der Waals surface area (Å²) in [5.74, 6) is 0.444. The Hall–Kier alpha value is -0.370. The predicted molar refractivity (Wildman–Crippen MR) is 33.2 cm³/mol. The number of aliphatic hydroxyl groups excluding tert-OH is 1. The molecule has 0 spiro atoms. The first-order valence-electron chi connectivity index (χ1n) is 3.02. The van der Waals surface area contributed by atoms with Crippen LogP contribution in [0.5, 0.6) is 0 Å². The van der Waals surface area contributed by atoms with Crippen molar-refractivity contribution in [1.29, 1.82) is 0 Å². The van der Waals surface area contributed by atoms with E-state index in [1.54, 1.807) is 0 Å². The van der Waals surface area contributed by atoms with Crippen LogP contribution in [0.4, 0.5) is 0 Å². The number of nitrogens with zero attached hydrogens (tertiary/aromatic N) is 1. The monoisotopic (exact) mass is 113 g/mol. The van der Waals surface area contributed by atoms with E-state index in [-0.39, 0.29) is 0 Å². The average Bonchev–Trinajstić information content (AvgIpc) is 1.90. The molecule has 0 radical (unpaired) electrons. The van der Waals surface area contributed by atoms with Gasteiger partial charge in [0.25, 0.3) is 0 Å². The maximum atomic E-state index is 8.62. The van der Waals surface area contributed by atoms with Crippen molar-refractivity contribution in [2.24, 2.45) is 10.9 Å². The summed E-state index contributed by atoms with van der Waals surface area (Å²) < 4.78 is 0. The Balaban J connectivity index is 2.27. The molecule has 1 heterocycles. The van der Waals surface area contributed by atoms with Crippen LogP contribution in [0.25, 0.3) is 0 Å². The smallest absolute Gasteiger partial charge is 0.0477 e. The van der Waals surface area contributed by atoms with Crippen molar-refractivity contribution in [3.05, 3.63) is 0 Å². The lowest BCUT2D eigenvalue weighted by molar-refractivity contribution is 0.222. The van der Waals surface area contributed by atoms with Gasteiger partial charge in [-0.25, -0.2) is 0 Å². The SMILES string of the molecule is OCC1CCC=NC1. The first kappa shape index (κ1) is 5.76. The summed E-state index contributed by atoms with van der Waals surface area (Å²) in [6.45, 7) is 1.13. The van der Waals surface area contributed by atoms with Crippen LogP contribution >= 0.6 is 0 Å². The second kappa shape index (κ2) is 2.82. The summed E-state index contributed by atoms with van der Waals surface area (Å²) in [5.41, 5.74) is 0. The topological polar surface area (TPSA) is 32.6 Å². The lowest BCUT2D eigenvalue weighted by Crippen LogP contribution is -2.13. The third-order valence-electron chi connectivity index (χ3n) is 1.45. The summed E-state index contributed by atoms with van der Waals surface area (Å²) >= 11 is 0. The van der Waals surface area contributed by atoms with Crippen LogP contribution in [0.2, 0.25) is 0 Å². The number of rotatable bonds is 1. The maximum absolute atomic E-state index is 8.62. The van der Waals surface area contributed by atoms with Gasteiger partial charge in [-0.2, -0.15) is 0 Å². The van der Waals surface area contributed by atoms with Gasteiger partial charge in [0, 0.05) is 19.1 Å². The molecule has 0 fully saturated rings. The van der Waals surface area contributed by atoms with Crippen molar-refractivity contribution >= 4 is 6.21 Å². The Morgan fingerprint density at radius 1 is 1.75 bits per heavy atom. The van der Waals surface area contributed by atoms with Crippen molar-refractivity contribution < 1.29 is 5.11 Å². The molecule has 1 unspecified atom stereocenters. The van der Waals surface area contributed by atoms with Gasteiger partial charge in [-0.1, -0.05) is 0 Å². The molecule has 0 aromatic rings. The van der Waals surface area contributed by atoms with Crippen LogP contribution in [0, 0.1) is 5.92 Å². The number of hydrogen-bond acceptors (Lipinski definition) is 2. The van der Waals surface area contributed by atoms with E-state index < -0.39 is 0 Å². The molecule has 0 amide bonds. The molecule has 1 rings (SSSR count). The maximum Gasteiger partial charge on any atom is 0.0477 e. The van der Waals surface area contributed by atoms with Gasteiger partial charge in [0.15, 0.2) is 0 Å². The fourth-order valence-electron chi connectivity index (χ4n) is 0.865. The highest BCUT2D eigenvalue weighted by molar-refractivity contribution is 5.57. The molecule has 8 heavy (non-hydrogen) atoms. The molecule has 1 N–H and O–H groups in total.